The maximum absolute atomic E-state index is 12.6. The number of nitrogens with zero attached hydrogens (tertiary/aromatic N) is 1. The molecule has 2 aromatic heterocycles. The highest BCUT2D eigenvalue weighted by Crippen LogP contribution is 2.48. The van der Waals surface area contributed by atoms with Gasteiger partial charge in [0, 0.05) is 23.1 Å². The van der Waals surface area contributed by atoms with Crippen LogP contribution in [-0.4, -0.2) is 27.6 Å². The van der Waals surface area contributed by atoms with Crippen LogP contribution in [0, 0.1) is 0 Å². The minimum Gasteiger partial charge on any atom is -0.365 e. The van der Waals surface area contributed by atoms with Crippen LogP contribution in [0.25, 0.3) is 6.08 Å². The number of fused-ring (bicyclic) bond motifs is 1. The van der Waals surface area contributed by atoms with Crippen LogP contribution in [0.1, 0.15) is 64.5 Å². The lowest BCUT2D eigenvalue weighted by Crippen LogP contribution is -2.42. The molecule has 0 unspecified atom stereocenters. The van der Waals surface area contributed by atoms with E-state index in [2.05, 4.69) is 22.1 Å². The third-order valence-electron chi connectivity index (χ3n) is 4.27. The molecule has 0 spiro atoms. The Morgan fingerprint density at radius 2 is 2.12 bits per heavy atom. The standard InChI is InChI=1S/C18H22N4O3S/c1-6-9-8-20-22-12(9)15(24)21-16-11(14(19)23)10-7-17(2,3)25-18(4,5)13(10)26-16/h6,8H,1,7H2,2-5H3,(H2,19,23)(H,20,22)(H,21,24). The molecule has 7 nitrogen and oxygen atoms in total. The van der Waals surface area contributed by atoms with Gasteiger partial charge in [0.15, 0.2) is 5.69 Å². The number of ether oxygens (including phenoxy) is 1. The minimum atomic E-state index is -0.590. The molecule has 1 aliphatic heterocycles. The number of hydrogen-bond donors (Lipinski definition) is 3. The largest absolute Gasteiger partial charge is 0.365 e. The number of H-pyrrole nitrogens is 1. The number of amides is 2. The maximum atomic E-state index is 12.6. The normalized spacial score (nSPS) is 17.4. The number of nitrogens with two attached hydrogens (primary N) is 1. The fourth-order valence-electron chi connectivity index (χ4n) is 3.47. The molecule has 2 aromatic rings. The molecule has 1 aliphatic rings. The van der Waals surface area contributed by atoms with Crippen LogP contribution in [0.4, 0.5) is 5.00 Å². The van der Waals surface area contributed by atoms with E-state index in [0.29, 0.717) is 22.5 Å². The van der Waals surface area contributed by atoms with Crippen LogP contribution >= 0.6 is 11.3 Å². The number of carbonyl (C=O) groups excluding carboxylic acids is 2. The molecule has 138 valence electrons. The van der Waals surface area contributed by atoms with Crippen molar-refractivity contribution in [2.75, 3.05) is 5.32 Å². The first kappa shape index (κ1) is 18.3. The molecule has 0 radical (unpaired) electrons. The van der Waals surface area contributed by atoms with Gasteiger partial charge in [0.05, 0.1) is 16.8 Å². The molecular weight excluding hydrogens is 352 g/mol. The van der Waals surface area contributed by atoms with Crippen molar-refractivity contribution in [1.82, 2.24) is 10.2 Å². The van der Waals surface area contributed by atoms with Gasteiger partial charge < -0.3 is 15.8 Å². The Hall–Kier alpha value is -2.45. The predicted molar refractivity (Wildman–Crippen MR) is 101 cm³/mol. The number of thiophene rings is 1. The van der Waals surface area contributed by atoms with Crippen LogP contribution in [0.3, 0.4) is 0 Å². The molecule has 0 fully saturated rings. The number of rotatable bonds is 4. The number of anilines is 1. The van der Waals surface area contributed by atoms with Gasteiger partial charge in [-0.15, -0.1) is 11.3 Å². The number of primary amides is 1. The molecule has 2 amide bonds. The summed E-state index contributed by atoms with van der Waals surface area (Å²) in [6.07, 6.45) is 3.65. The fourth-order valence-corrected chi connectivity index (χ4v) is 4.73. The zero-order valence-corrected chi connectivity index (χ0v) is 16.0. The van der Waals surface area contributed by atoms with Crippen molar-refractivity contribution in [3.05, 3.63) is 40.0 Å². The molecule has 0 saturated carbocycles. The zero-order valence-electron chi connectivity index (χ0n) is 15.2. The molecule has 8 heteroatoms. The van der Waals surface area contributed by atoms with E-state index in [1.165, 1.54) is 17.4 Å². The van der Waals surface area contributed by atoms with Gasteiger partial charge in [-0.05, 0) is 33.3 Å². The molecule has 0 atom stereocenters. The lowest BCUT2D eigenvalue weighted by atomic mass is 9.86. The summed E-state index contributed by atoms with van der Waals surface area (Å²) in [5.41, 5.74) is 6.58. The average molecular weight is 374 g/mol. The number of aromatic amines is 1. The summed E-state index contributed by atoms with van der Waals surface area (Å²) in [7, 11) is 0. The topological polar surface area (TPSA) is 110 Å². The van der Waals surface area contributed by atoms with Crippen molar-refractivity contribution in [3.63, 3.8) is 0 Å². The van der Waals surface area contributed by atoms with Gasteiger partial charge >= 0.3 is 0 Å². The molecular formula is C18H22N4O3S. The molecule has 3 rings (SSSR count). The first-order valence-corrected chi connectivity index (χ1v) is 9.01. The zero-order chi connectivity index (χ0) is 19.3. The Kier molecular flexibility index (Phi) is 4.28. The van der Waals surface area contributed by atoms with Crippen LogP contribution in [0.2, 0.25) is 0 Å². The second-order valence-corrected chi connectivity index (χ2v) is 8.40. The number of nitrogens with one attached hydrogen (secondary N) is 2. The molecule has 0 saturated heterocycles. The van der Waals surface area contributed by atoms with Crippen molar-refractivity contribution in [3.8, 4) is 0 Å². The lowest BCUT2D eigenvalue weighted by molar-refractivity contribution is -0.135. The Morgan fingerprint density at radius 1 is 1.42 bits per heavy atom. The van der Waals surface area contributed by atoms with E-state index in [4.69, 9.17) is 10.5 Å². The monoisotopic (exact) mass is 374 g/mol. The maximum Gasteiger partial charge on any atom is 0.277 e. The van der Waals surface area contributed by atoms with Gasteiger partial charge in [0.2, 0.25) is 0 Å². The third kappa shape index (κ3) is 3.06. The van der Waals surface area contributed by atoms with Crippen LogP contribution in [0.5, 0.6) is 0 Å². The molecule has 0 aromatic carbocycles. The van der Waals surface area contributed by atoms with Crippen molar-refractivity contribution in [2.24, 2.45) is 5.73 Å². The van der Waals surface area contributed by atoms with Gasteiger partial charge in [-0.3, -0.25) is 14.7 Å². The SMILES string of the molecule is C=Cc1c[nH]nc1C(=O)Nc1sc2c(c1C(N)=O)CC(C)(C)OC2(C)C. The quantitative estimate of drug-likeness (QED) is 0.764. The highest BCUT2D eigenvalue weighted by Gasteiger charge is 2.43. The first-order valence-electron chi connectivity index (χ1n) is 8.19. The van der Waals surface area contributed by atoms with E-state index in [0.717, 1.165) is 10.4 Å². The molecule has 0 bridgehead atoms. The van der Waals surface area contributed by atoms with Gasteiger partial charge in [-0.25, -0.2) is 0 Å². The number of aromatic nitrogens is 2. The number of hydrogen-bond acceptors (Lipinski definition) is 5. The molecule has 3 heterocycles. The summed E-state index contributed by atoms with van der Waals surface area (Å²) in [6, 6.07) is 0. The number of carbonyl (C=O) groups is 2. The summed E-state index contributed by atoms with van der Waals surface area (Å²) in [5, 5.41) is 9.78. The molecule has 4 N–H and O–H groups in total. The van der Waals surface area contributed by atoms with E-state index >= 15 is 0 Å². The van der Waals surface area contributed by atoms with Crippen molar-refractivity contribution in [2.45, 2.75) is 45.3 Å². The van der Waals surface area contributed by atoms with E-state index in [1.54, 1.807) is 6.20 Å². The molecule has 26 heavy (non-hydrogen) atoms. The van der Waals surface area contributed by atoms with E-state index in [1.807, 2.05) is 27.7 Å². The summed E-state index contributed by atoms with van der Waals surface area (Å²) in [5.74, 6) is -1.00. The van der Waals surface area contributed by atoms with Crippen molar-refractivity contribution < 1.29 is 14.3 Å². The van der Waals surface area contributed by atoms with Gasteiger partial charge in [-0.1, -0.05) is 12.7 Å². The fraction of sp³-hybridized carbons (Fsp3) is 0.389. The Labute approximate surface area is 155 Å². The second kappa shape index (κ2) is 6.07. The Morgan fingerprint density at radius 3 is 2.73 bits per heavy atom. The highest BCUT2D eigenvalue weighted by molar-refractivity contribution is 7.17. The predicted octanol–water partition coefficient (Wildman–Crippen LogP) is 3.05. The summed E-state index contributed by atoms with van der Waals surface area (Å²) >= 11 is 1.32. The second-order valence-electron chi connectivity index (χ2n) is 7.37. The van der Waals surface area contributed by atoms with Crippen LogP contribution < -0.4 is 11.1 Å². The van der Waals surface area contributed by atoms with E-state index in [-0.39, 0.29) is 5.69 Å². The van der Waals surface area contributed by atoms with E-state index in [9.17, 15) is 9.59 Å². The summed E-state index contributed by atoms with van der Waals surface area (Å²) < 4.78 is 6.16. The Balaban J connectivity index is 2.07. The smallest absolute Gasteiger partial charge is 0.277 e. The third-order valence-corrected chi connectivity index (χ3v) is 5.72. The van der Waals surface area contributed by atoms with Gasteiger partial charge in [0.1, 0.15) is 5.00 Å². The summed E-state index contributed by atoms with van der Waals surface area (Å²) in [4.78, 5) is 25.7. The lowest BCUT2D eigenvalue weighted by Gasteiger charge is -2.41. The van der Waals surface area contributed by atoms with Gasteiger partial charge in [-0.2, -0.15) is 5.10 Å². The Bertz CT molecular complexity index is 908. The minimum absolute atomic E-state index is 0.206. The van der Waals surface area contributed by atoms with Gasteiger partial charge in [0.25, 0.3) is 11.8 Å². The summed E-state index contributed by atoms with van der Waals surface area (Å²) in [6.45, 7) is 11.5. The van der Waals surface area contributed by atoms with Crippen molar-refractivity contribution in [1.29, 1.82) is 0 Å². The van der Waals surface area contributed by atoms with Crippen molar-refractivity contribution >= 4 is 34.2 Å². The van der Waals surface area contributed by atoms with E-state index < -0.39 is 23.0 Å². The van der Waals surface area contributed by atoms with Crippen LogP contribution in [0.15, 0.2) is 12.8 Å². The molecule has 0 aliphatic carbocycles. The highest BCUT2D eigenvalue weighted by atomic mass is 32.1. The first-order chi connectivity index (χ1) is 12.1. The average Bonchev–Trinajstić information content (AvgIpc) is 3.09. The van der Waals surface area contributed by atoms with Crippen LogP contribution in [-0.2, 0) is 16.8 Å².